The molecule has 3 amide bonds. The Morgan fingerprint density at radius 3 is 2.07 bits per heavy atom. The van der Waals surface area contributed by atoms with Gasteiger partial charge in [-0.15, -0.1) is 0 Å². The van der Waals surface area contributed by atoms with Gasteiger partial charge in [0, 0.05) is 11.8 Å². The molecule has 2 unspecified atom stereocenters. The van der Waals surface area contributed by atoms with Crippen LogP contribution in [0.3, 0.4) is 0 Å². The second kappa shape index (κ2) is 15.4. The molecule has 0 spiro atoms. The number of hydrogen-bond donors (Lipinski definition) is 2. The standard InChI is InChI=1S/C36H41N3O7/c1-23(2)32-35(43)38(22-31(40)37-29(20-25-12-8-6-9-13-25)33(41)36(44)46-24(3)4)30(26-14-10-7-11-15-26)21-39(32)34(42)27-16-18-28(45-5)19-17-27/h6-19,21,23-24,29,32-33,41H,20,22H2,1-5H3,(H,37,40)/t29-,32?,33?/m0/s1. The summed E-state index contributed by atoms with van der Waals surface area (Å²) in [6, 6.07) is 22.9. The van der Waals surface area contributed by atoms with E-state index in [0.717, 1.165) is 5.56 Å². The Kier molecular flexibility index (Phi) is 11.3. The molecule has 1 heterocycles. The summed E-state index contributed by atoms with van der Waals surface area (Å²) in [5, 5.41) is 13.7. The van der Waals surface area contributed by atoms with Gasteiger partial charge in [-0.25, -0.2) is 4.79 Å². The average molecular weight is 628 g/mol. The van der Waals surface area contributed by atoms with Crippen LogP contribution in [0.4, 0.5) is 0 Å². The lowest BCUT2D eigenvalue weighted by molar-refractivity contribution is -0.159. The molecule has 3 aromatic rings. The molecule has 0 radical (unpaired) electrons. The lowest BCUT2D eigenvalue weighted by Crippen LogP contribution is -2.57. The third-order valence-corrected chi connectivity index (χ3v) is 7.56. The summed E-state index contributed by atoms with van der Waals surface area (Å²) in [5.41, 5.74) is 2.15. The lowest BCUT2D eigenvalue weighted by atomic mass is 9.96. The summed E-state index contributed by atoms with van der Waals surface area (Å²) in [6.07, 6.45) is -0.350. The largest absolute Gasteiger partial charge is 0.497 e. The normalized spacial score (nSPS) is 16.1. The fourth-order valence-electron chi connectivity index (χ4n) is 5.33. The third kappa shape index (κ3) is 8.19. The van der Waals surface area contributed by atoms with E-state index in [-0.39, 0.29) is 18.2 Å². The van der Waals surface area contributed by atoms with Crippen LogP contribution in [0.2, 0.25) is 0 Å². The second-order valence-corrected chi connectivity index (χ2v) is 11.7. The zero-order chi connectivity index (χ0) is 33.4. The van der Waals surface area contributed by atoms with E-state index >= 15 is 0 Å². The molecule has 3 aromatic carbocycles. The van der Waals surface area contributed by atoms with Crippen LogP contribution in [0.1, 0.15) is 49.2 Å². The summed E-state index contributed by atoms with van der Waals surface area (Å²) < 4.78 is 10.4. The van der Waals surface area contributed by atoms with Gasteiger partial charge in [0.05, 0.1) is 25.0 Å². The van der Waals surface area contributed by atoms with Crippen molar-refractivity contribution in [3.8, 4) is 5.75 Å². The zero-order valence-electron chi connectivity index (χ0n) is 26.8. The number of aliphatic hydroxyl groups excluding tert-OH is 1. The number of esters is 1. The third-order valence-electron chi connectivity index (χ3n) is 7.56. The summed E-state index contributed by atoms with van der Waals surface area (Å²) in [7, 11) is 1.54. The van der Waals surface area contributed by atoms with Crippen LogP contribution in [-0.2, 0) is 25.5 Å². The van der Waals surface area contributed by atoms with Gasteiger partial charge >= 0.3 is 5.97 Å². The number of aliphatic hydroxyl groups is 1. The van der Waals surface area contributed by atoms with Crippen LogP contribution in [-0.4, -0.2) is 76.5 Å². The molecule has 1 aliphatic rings. The first kappa shape index (κ1) is 33.9. The van der Waals surface area contributed by atoms with Crippen molar-refractivity contribution in [2.45, 2.75) is 58.4 Å². The van der Waals surface area contributed by atoms with Crippen LogP contribution in [0.5, 0.6) is 5.75 Å². The molecule has 0 bridgehead atoms. The van der Waals surface area contributed by atoms with Crippen LogP contribution in [0.25, 0.3) is 5.70 Å². The first-order valence-electron chi connectivity index (χ1n) is 15.3. The van der Waals surface area contributed by atoms with Crippen LogP contribution in [0.15, 0.2) is 91.1 Å². The molecule has 0 saturated carbocycles. The maximum absolute atomic E-state index is 14.2. The van der Waals surface area contributed by atoms with Gasteiger partial charge in [0.25, 0.3) is 11.8 Å². The van der Waals surface area contributed by atoms with Crippen molar-refractivity contribution < 1.29 is 33.8 Å². The SMILES string of the molecule is COc1ccc(C(=O)N2C=C(c3ccccc3)N(CC(=O)N[C@@H](Cc3ccccc3)C(O)C(=O)OC(C)C)C(=O)C2C(C)C)cc1. The quantitative estimate of drug-likeness (QED) is 0.291. The minimum atomic E-state index is -1.64. The molecule has 10 nitrogen and oxygen atoms in total. The first-order chi connectivity index (χ1) is 22.0. The number of benzene rings is 3. The van der Waals surface area contributed by atoms with E-state index in [4.69, 9.17) is 9.47 Å². The zero-order valence-corrected chi connectivity index (χ0v) is 26.8. The van der Waals surface area contributed by atoms with E-state index in [1.54, 1.807) is 68.6 Å². The van der Waals surface area contributed by atoms with Gasteiger partial charge < -0.3 is 24.8 Å². The van der Waals surface area contributed by atoms with E-state index in [1.807, 2.05) is 50.2 Å². The Balaban J connectivity index is 1.67. The molecule has 0 aliphatic carbocycles. The van der Waals surface area contributed by atoms with Crippen molar-refractivity contribution in [1.82, 2.24) is 15.1 Å². The van der Waals surface area contributed by atoms with Gasteiger partial charge in [-0.2, -0.15) is 0 Å². The van der Waals surface area contributed by atoms with E-state index in [1.165, 1.54) is 16.9 Å². The van der Waals surface area contributed by atoms with Gasteiger partial charge in [-0.3, -0.25) is 19.3 Å². The Morgan fingerprint density at radius 2 is 1.50 bits per heavy atom. The first-order valence-corrected chi connectivity index (χ1v) is 15.3. The maximum Gasteiger partial charge on any atom is 0.337 e. The minimum absolute atomic E-state index is 0.148. The van der Waals surface area contributed by atoms with E-state index in [2.05, 4.69) is 5.32 Å². The Morgan fingerprint density at radius 1 is 0.891 bits per heavy atom. The highest BCUT2D eigenvalue weighted by Gasteiger charge is 2.41. The number of methoxy groups -OCH3 is 1. The molecule has 0 saturated heterocycles. The number of carbonyl (C=O) groups is 4. The van der Waals surface area contributed by atoms with Gasteiger partial charge in [0.1, 0.15) is 18.3 Å². The smallest absolute Gasteiger partial charge is 0.337 e. The monoisotopic (exact) mass is 627 g/mol. The average Bonchev–Trinajstić information content (AvgIpc) is 3.04. The second-order valence-electron chi connectivity index (χ2n) is 11.7. The molecular weight excluding hydrogens is 586 g/mol. The molecule has 4 rings (SSSR count). The van der Waals surface area contributed by atoms with Crippen molar-refractivity contribution in [3.05, 3.63) is 108 Å². The van der Waals surface area contributed by atoms with Crippen LogP contribution >= 0.6 is 0 Å². The van der Waals surface area contributed by atoms with Crippen LogP contribution in [0, 0.1) is 5.92 Å². The van der Waals surface area contributed by atoms with Gasteiger partial charge in [-0.1, -0.05) is 74.5 Å². The summed E-state index contributed by atoms with van der Waals surface area (Å²) in [6.45, 7) is 6.60. The van der Waals surface area contributed by atoms with E-state index in [0.29, 0.717) is 22.6 Å². The Labute approximate surface area is 269 Å². The van der Waals surface area contributed by atoms with Gasteiger partial charge in [-0.05, 0) is 61.6 Å². The number of carbonyl (C=O) groups excluding carboxylic acids is 4. The molecular formula is C36H41N3O7. The molecule has 46 heavy (non-hydrogen) atoms. The van der Waals surface area contributed by atoms with Crippen molar-refractivity contribution in [1.29, 1.82) is 0 Å². The topological polar surface area (TPSA) is 125 Å². The molecule has 242 valence electrons. The van der Waals surface area contributed by atoms with E-state index in [9.17, 15) is 24.3 Å². The highest BCUT2D eigenvalue weighted by molar-refractivity contribution is 6.04. The van der Waals surface area contributed by atoms with Gasteiger partial charge in [0.15, 0.2) is 6.10 Å². The van der Waals surface area contributed by atoms with Crippen molar-refractivity contribution in [2.24, 2.45) is 5.92 Å². The fourth-order valence-corrected chi connectivity index (χ4v) is 5.33. The summed E-state index contributed by atoms with van der Waals surface area (Å²) in [4.78, 5) is 57.2. The number of rotatable bonds is 12. The molecule has 2 N–H and O–H groups in total. The van der Waals surface area contributed by atoms with Crippen molar-refractivity contribution in [2.75, 3.05) is 13.7 Å². The van der Waals surface area contributed by atoms with Gasteiger partial charge in [0.2, 0.25) is 5.91 Å². The molecule has 0 fully saturated rings. The molecule has 0 aromatic heterocycles. The molecule has 3 atom stereocenters. The molecule has 1 aliphatic heterocycles. The fraction of sp³-hybridized carbons (Fsp3) is 0.333. The highest BCUT2D eigenvalue weighted by Crippen LogP contribution is 2.31. The Bertz CT molecular complexity index is 1540. The summed E-state index contributed by atoms with van der Waals surface area (Å²) in [5.74, 6) is -1.97. The van der Waals surface area contributed by atoms with Crippen molar-refractivity contribution in [3.63, 3.8) is 0 Å². The number of amides is 3. The van der Waals surface area contributed by atoms with Crippen LogP contribution < -0.4 is 10.1 Å². The predicted octanol–water partition coefficient (Wildman–Crippen LogP) is 4.04. The lowest BCUT2D eigenvalue weighted by Gasteiger charge is -2.41. The minimum Gasteiger partial charge on any atom is -0.497 e. The number of nitrogens with one attached hydrogen (secondary N) is 1. The summed E-state index contributed by atoms with van der Waals surface area (Å²) >= 11 is 0. The Hall–Kier alpha value is -4.96. The molecule has 10 heteroatoms. The number of nitrogens with zero attached hydrogens (tertiary/aromatic N) is 2. The number of hydrogen-bond acceptors (Lipinski definition) is 7. The maximum atomic E-state index is 14.2. The highest BCUT2D eigenvalue weighted by atomic mass is 16.6. The number of ether oxygens (including phenoxy) is 2. The van der Waals surface area contributed by atoms with Crippen molar-refractivity contribution >= 4 is 29.4 Å². The predicted molar refractivity (Wildman–Crippen MR) is 173 cm³/mol. The van der Waals surface area contributed by atoms with E-state index < -0.39 is 48.6 Å².